The summed E-state index contributed by atoms with van der Waals surface area (Å²) in [5, 5.41) is 5.14. The molecule has 98 valence electrons. The van der Waals surface area contributed by atoms with Crippen molar-refractivity contribution in [1.82, 2.24) is 10.6 Å². The standard InChI is InChI=1S/C12H22N2O3/c1-6-7-8-13-10(15)9(2)14-11(16)17-12(3,4)5/h6,9H,1,7-8H2,2-5H3,(H,13,15)(H,14,16). The molecule has 2 N–H and O–H groups in total. The van der Waals surface area contributed by atoms with Crippen LogP contribution in [0.4, 0.5) is 4.79 Å². The van der Waals surface area contributed by atoms with Gasteiger partial charge in [0, 0.05) is 6.54 Å². The summed E-state index contributed by atoms with van der Waals surface area (Å²) in [4.78, 5) is 22.9. The summed E-state index contributed by atoms with van der Waals surface area (Å²) in [7, 11) is 0. The highest BCUT2D eigenvalue weighted by Gasteiger charge is 2.20. The molecule has 0 rings (SSSR count). The molecule has 0 radical (unpaired) electrons. The number of nitrogens with one attached hydrogen (secondary N) is 2. The van der Waals surface area contributed by atoms with E-state index < -0.39 is 17.7 Å². The van der Waals surface area contributed by atoms with Gasteiger partial charge in [-0.25, -0.2) is 4.79 Å². The van der Waals surface area contributed by atoms with Gasteiger partial charge in [-0.3, -0.25) is 4.79 Å². The first-order chi connectivity index (χ1) is 7.76. The second-order valence-electron chi connectivity index (χ2n) is 4.74. The second kappa shape index (κ2) is 6.93. The fraction of sp³-hybridized carbons (Fsp3) is 0.667. The predicted octanol–water partition coefficient (Wildman–Crippen LogP) is 1.59. The van der Waals surface area contributed by atoms with Crippen LogP contribution in [0.5, 0.6) is 0 Å². The van der Waals surface area contributed by atoms with Gasteiger partial charge in [0.2, 0.25) is 5.91 Å². The third kappa shape index (κ3) is 8.30. The van der Waals surface area contributed by atoms with Gasteiger partial charge in [-0.15, -0.1) is 6.58 Å². The van der Waals surface area contributed by atoms with Gasteiger partial charge in [0.1, 0.15) is 11.6 Å². The minimum absolute atomic E-state index is 0.238. The van der Waals surface area contributed by atoms with Crippen LogP contribution in [0.1, 0.15) is 34.1 Å². The van der Waals surface area contributed by atoms with Crippen LogP contribution < -0.4 is 10.6 Å². The summed E-state index contributed by atoms with van der Waals surface area (Å²) in [5.74, 6) is -0.238. The number of hydrogen-bond donors (Lipinski definition) is 2. The highest BCUT2D eigenvalue weighted by Crippen LogP contribution is 2.06. The van der Waals surface area contributed by atoms with Gasteiger partial charge < -0.3 is 15.4 Å². The van der Waals surface area contributed by atoms with E-state index in [2.05, 4.69) is 17.2 Å². The first kappa shape index (κ1) is 15.5. The van der Waals surface area contributed by atoms with Crippen molar-refractivity contribution in [2.75, 3.05) is 6.54 Å². The van der Waals surface area contributed by atoms with Gasteiger partial charge in [-0.1, -0.05) is 6.08 Å². The molecule has 0 fully saturated rings. The summed E-state index contributed by atoms with van der Waals surface area (Å²) < 4.78 is 5.04. The first-order valence-electron chi connectivity index (χ1n) is 5.64. The molecule has 1 atom stereocenters. The largest absolute Gasteiger partial charge is 0.444 e. The lowest BCUT2D eigenvalue weighted by molar-refractivity contribution is -0.122. The molecule has 0 aliphatic rings. The molecule has 5 heteroatoms. The van der Waals surface area contributed by atoms with Crippen molar-refractivity contribution in [3.8, 4) is 0 Å². The molecule has 0 saturated carbocycles. The van der Waals surface area contributed by atoms with Gasteiger partial charge in [0.05, 0.1) is 0 Å². The van der Waals surface area contributed by atoms with Crippen LogP contribution in [0.15, 0.2) is 12.7 Å². The zero-order valence-corrected chi connectivity index (χ0v) is 11.0. The van der Waals surface area contributed by atoms with E-state index in [9.17, 15) is 9.59 Å². The van der Waals surface area contributed by atoms with Gasteiger partial charge >= 0.3 is 6.09 Å². The molecule has 2 amide bonds. The molecule has 1 unspecified atom stereocenters. The Hall–Kier alpha value is -1.52. The summed E-state index contributed by atoms with van der Waals surface area (Å²) in [6.45, 7) is 11.0. The Morgan fingerprint density at radius 3 is 2.47 bits per heavy atom. The first-order valence-corrected chi connectivity index (χ1v) is 5.64. The predicted molar refractivity (Wildman–Crippen MR) is 66.7 cm³/mol. The number of carbonyl (C=O) groups excluding carboxylic acids is 2. The zero-order chi connectivity index (χ0) is 13.5. The van der Waals surface area contributed by atoms with Crippen molar-refractivity contribution in [3.05, 3.63) is 12.7 Å². The van der Waals surface area contributed by atoms with Crippen molar-refractivity contribution in [1.29, 1.82) is 0 Å². The summed E-state index contributed by atoms with van der Waals surface area (Å²) in [6, 6.07) is -0.616. The Morgan fingerprint density at radius 1 is 1.41 bits per heavy atom. The van der Waals surface area contributed by atoms with E-state index in [0.717, 1.165) is 0 Å². The Morgan fingerprint density at radius 2 is 2.00 bits per heavy atom. The van der Waals surface area contributed by atoms with Crippen molar-refractivity contribution in [2.45, 2.75) is 45.8 Å². The van der Waals surface area contributed by atoms with Crippen LogP contribution in [0.3, 0.4) is 0 Å². The Labute approximate surface area is 103 Å². The molecule has 0 heterocycles. The van der Waals surface area contributed by atoms with Crippen LogP contribution in [0.25, 0.3) is 0 Å². The average molecular weight is 242 g/mol. The van der Waals surface area contributed by atoms with E-state index in [1.54, 1.807) is 33.8 Å². The number of ether oxygens (including phenoxy) is 1. The maximum atomic E-state index is 11.5. The van der Waals surface area contributed by atoms with Crippen molar-refractivity contribution in [3.63, 3.8) is 0 Å². The van der Waals surface area contributed by atoms with Gasteiger partial charge in [0.15, 0.2) is 0 Å². The minimum Gasteiger partial charge on any atom is -0.444 e. The van der Waals surface area contributed by atoms with Crippen molar-refractivity contribution >= 4 is 12.0 Å². The second-order valence-corrected chi connectivity index (χ2v) is 4.74. The molecule has 0 aromatic carbocycles. The number of carbonyl (C=O) groups is 2. The molecular weight excluding hydrogens is 220 g/mol. The highest BCUT2D eigenvalue weighted by atomic mass is 16.6. The average Bonchev–Trinajstić information content (AvgIpc) is 2.14. The van der Waals surface area contributed by atoms with Crippen LogP contribution in [0, 0.1) is 0 Å². The molecule has 17 heavy (non-hydrogen) atoms. The van der Waals surface area contributed by atoms with E-state index in [1.807, 2.05) is 0 Å². The van der Waals surface area contributed by atoms with Crippen LogP contribution >= 0.6 is 0 Å². The van der Waals surface area contributed by atoms with Crippen LogP contribution in [0.2, 0.25) is 0 Å². The summed E-state index contributed by atoms with van der Waals surface area (Å²) in [6.07, 6.45) is 1.82. The molecule has 0 saturated heterocycles. The smallest absolute Gasteiger partial charge is 0.408 e. The molecule has 0 aromatic heterocycles. The topological polar surface area (TPSA) is 67.4 Å². The van der Waals surface area contributed by atoms with Crippen LogP contribution in [-0.4, -0.2) is 30.2 Å². The molecule has 0 spiro atoms. The third-order valence-electron chi connectivity index (χ3n) is 1.77. The molecule has 0 aliphatic heterocycles. The number of hydrogen-bond acceptors (Lipinski definition) is 3. The molecule has 0 aliphatic carbocycles. The molecule has 5 nitrogen and oxygen atoms in total. The number of rotatable bonds is 5. The van der Waals surface area contributed by atoms with E-state index in [-0.39, 0.29) is 5.91 Å². The third-order valence-corrected chi connectivity index (χ3v) is 1.77. The SMILES string of the molecule is C=CCCNC(=O)C(C)NC(=O)OC(C)(C)C. The van der Waals surface area contributed by atoms with Gasteiger partial charge in [0.25, 0.3) is 0 Å². The van der Waals surface area contributed by atoms with Gasteiger partial charge in [-0.2, -0.15) is 0 Å². The number of alkyl carbamates (subject to hydrolysis) is 1. The highest BCUT2D eigenvalue weighted by molar-refractivity contribution is 5.85. The van der Waals surface area contributed by atoms with Crippen LogP contribution in [-0.2, 0) is 9.53 Å². The number of amides is 2. The summed E-state index contributed by atoms with van der Waals surface area (Å²) in [5.41, 5.74) is -0.566. The van der Waals surface area contributed by atoms with E-state index in [4.69, 9.17) is 4.74 Å². The molecular formula is C12H22N2O3. The maximum Gasteiger partial charge on any atom is 0.408 e. The monoisotopic (exact) mass is 242 g/mol. The fourth-order valence-electron chi connectivity index (χ4n) is 1.00. The van der Waals surface area contributed by atoms with Crippen molar-refractivity contribution < 1.29 is 14.3 Å². The summed E-state index contributed by atoms with van der Waals surface area (Å²) >= 11 is 0. The normalized spacial score (nSPS) is 12.5. The van der Waals surface area contributed by atoms with E-state index in [0.29, 0.717) is 13.0 Å². The maximum absolute atomic E-state index is 11.5. The Kier molecular flexibility index (Phi) is 6.31. The van der Waals surface area contributed by atoms with Gasteiger partial charge in [-0.05, 0) is 34.1 Å². The lowest BCUT2D eigenvalue weighted by atomic mass is 10.2. The zero-order valence-electron chi connectivity index (χ0n) is 11.0. The van der Waals surface area contributed by atoms with Crippen molar-refractivity contribution in [2.24, 2.45) is 0 Å². The van der Waals surface area contributed by atoms with E-state index in [1.165, 1.54) is 0 Å². The lowest BCUT2D eigenvalue weighted by Crippen LogP contribution is -2.46. The Balaban J connectivity index is 3.99. The molecule has 0 bridgehead atoms. The quantitative estimate of drug-likeness (QED) is 0.568. The fourth-order valence-corrected chi connectivity index (χ4v) is 1.00. The molecule has 0 aromatic rings. The Bertz CT molecular complexity index is 282. The lowest BCUT2D eigenvalue weighted by Gasteiger charge is -2.21. The van der Waals surface area contributed by atoms with E-state index >= 15 is 0 Å². The minimum atomic E-state index is -0.616.